The Kier molecular flexibility index (Phi) is 7.90. The van der Waals surface area contributed by atoms with Gasteiger partial charge in [0.15, 0.2) is 11.5 Å². The quantitative estimate of drug-likeness (QED) is 0.343. The summed E-state index contributed by atoms with van der Waals surface area (Å²) in [5.41, 5.74) is 2.14. The SMILES string of the molecule is COCCCN1C(=O)c2cccc3c(CC(=O)C4CCCCN4S(=O)(=O)c4cc(Cl)c(O)c(Cl)c4)ccc1c23. The van der Waals surface area contributed by atoms with Crippen molar-refractivity contribution in [3.63, 3.8) is 0 Å². The largest absolute Gasteiger partial charge is 0.505 e. The maximum absolute atomic E-state index is 13.7. The van der Waals surface area contributed by atoms with E-state index in [4.69, 9.17) is 27.9 Å². The van der Waals surface area contributed by atoms with Crippen LogP contribution in [0.3, 0.4) is 0 Å². The van der Waals surface area contributed by atoms with Crippen LogP contribution >= 0.6 is 23.2 Å². The zero-order chi connectivity index (χ0) is 27.9. The van der Waals surface area contributed by atoms with Crippen molar-refractivity contribution in [3.05, 3.63) is 63.6 Å². The van der Waals surface area contributed by atoms with Gasteiger partial charge in [0.05, 0.1) is 26.7 Å². The van der Waals surface area contributed by atoms with E-state index in [1.807, 2.05) is 24.3 Å². The number of phenolic OH excluding ortho intramolecular Hbond substituents is 1. The zero-order valence-electron chi connectivity index (χ0n) is 21.3. The molecular formula is C28H28Cl2N2O6S. The van der Waals surface area contributed by atoms with Gasteiger partial charge < -0.3 is 14.7 Å². The van der Waals surface area contributed by atoms with Crippen LogP contribution in [0.2, 0.25) is 10.0 Å². The number of halogens is 2. The topological polar surface area (TPSA) is 104 Å². The minimum absolute atomic E-state index is 0.0197. The molecule has 0 aliphatic carbocycles. The van der Waals surface area contributed by atoms with Gasteiger partial charge in [-0.3, -0.25) is 9.59 Å². The summed E-state index contributed by atoms with van der Waals surface area (Å²) >= 11 is 12.0. The molecule has 1 saturated heterocycles. The smallest absolute Gasteiger partial charge is 0.258 e. The second kappa shape index (κ2) is 11.1. The van der Waals surface area contributed by atoms with Crippen LogP contribution in [-0.4, -0.2) is 62.4 Å². The number of sulfonamides is 1. The predicted octanol–water partition coefficient (Wildman–Crippen LogP) is 5.20. The van der Waals surface area contributed by atoms with Crippen molar-refractivity contribution >= 4 is 61.4 Å². The van der Waals surface area contributed by atoms with Crippen LogP contribution in [-0.2, 0) is 26.0 Å². The Morgan fingerprint density at radius 2 is 1.87 bits per heavy atom. The molecule has 2 aliphatic heterocycles. The molecule has 3 aromatic carbocycles. The van der Waals surface area contributed by atoms with Crippen LogP contribution in [0.4, 0.5) is 5.69 Å². The van der Waals surface area contributed by atoms with Crippen molar-refractivity contribution in [1.29, 1.82) is 0 Å². The summed E-state index contributed by atoms with van der Waals surface area (Å²) in [6.45, 7) is 1.25. The number of ketones is 1. The molecule has 0 radical (unpaired) electrons. The fraction of sp³-hybridized carbons (Fsp3) is 0.357. The Hall–Kier alpha value is -2.69. The highest BCUT2D eigenvalue weighted by Gasteiger charge is 2.38. The molecule has 3 aromatic rings. The van der Waals surface area contributed by atoms with Crippen molar-refractivity contribution in [2.75, 3.05) is 31.7 Å². The molecule has 1 atom stereocenters. The van der Waals surface area contributed by atoms with E-state index in [0.29, 0.717) is 44.4 Å². The summed E-state index contributed by atoms with van der Waals surface area (Å²) < 4.78 is 33.5. The molecule has 1 amide bonds. The first kappa shape index (κ1) is 27.9. The second-order valence-electron chi connectivity index (χ2n) is 9.78. The maximum atomic E-state index is 13.7. The van der Waals surface area contributed by atoms with Gasteiger partial charge in [-0.15, -0.1) is 0 Å². The Labute approximate surface area is 237 Å². The molecule has 0 aromatic heterocycles. The lowest BCUT2D eigenvalue weighted by Gasteiger charge is -2.34. The van der Waals surface area contributed by atoms with E-state index in [-0.39, 0.29) is 39.6 Å². The predicted molar refractivity (Wildman–Crippen MR) is 150 cm³/mol. The first-order chi connectivity index (χ1) is 18.6. The number of anilines is 1. The number of piperidine rings is 1. The van der Waals surface area contributed by atoms with Crippen LogP contribution in [0, 0.1) is 0 Å². The van der Waals surface area contributed by atoms with Gasteiger partial charge in [-0.05, 0) is 54.5 Å². The molecule has 206 valence electrons. The standard InChI is InChI=1S/C28H28Cl2N2O6S/c1-38-13-5-11-31-24-10-9-17(19-6-4-7-20(26(19)24)28(31)35)14-25(33)23-8-2-3-12-32(23)39(36,37)18-15-21(29)27(34)22(30)16-18/h4,6-7,9-10,15-16,23,34H,2-3,5,8,11-14H2,1H3. The summed E-state index contributed by atoms with van der Waals surface area (Å²) in [6.07, 6.45) is 2.44. The first-order valence-corrected chi connectivity index (χ1v) is 14.9. The third kappa shape index (κ3) is 5.02. The number of carbonyl (C=O) groups excluding carboxylic acids is 2. The van der Waals surface area contributed by atoms with Gasteiger partial charge in [0, 0.05) is 44.2 Å². The van der Waals surface area contributed by atoms with Gasteiger partial charge in [-0.25, -0.2) is 8.42 Å². The van der Waals surface area contributed by atoms with E-state index < -0.39 is 21.8 Å². The molecular weight excluding hydrogens is 563 g/mol. The summed E-state index contributed by atoms with van der Waals surface area (Å²) in [5.74, 6) is -0.700. The van der Waals surface area contributed by atoms with Gasteiger partial charge in [0.2, 0.25) is 10.0 Å². The van der Waals surface area contributed by atoms with E-state index in [2.05, 4.69) is 0 Å². The number of nitrogens with zero attached hydrogens (tertiary/aromatic N) is 2. The Bertz CT molecular complexity index is 1550. The van der Waals surface area contributed by atoms with E-state index in [0.717, 1.165) is 34.2 Å². The number of amides is 1. The van der Waals surface area contributed by atoms with Crippen LogP contribution in [0.1, 0.15) is 41.6 Å². The minimum atomic E-state index is -4.11. The number of carbonyl (C=O) groups is 2. The third-order valence-corrected chi connectivity index (χ3v) is 9.85. The van der Waals surface area contributed by atoms with Gasteiger partial charge in [0.25, 0.3) is 5.91 Å². The lowest BCUT2D eigenvalue weighted by molar-refractivity contribution is -0.122. The minimum Gasteiger partial charge on any atom is -0.505 e. The molecule has 8 nitrogen and oxygen atoms in total. The van der Waals surface area contributed by atoms with Crippen LogP contribution in [0.25, 0.3) is 10.8 Å². The number of hydrogen-bond acceptors (Lipinski definition) is 6. The monoisotopic (exact) mass is 590 g/mol. The molecule has 0 bridgehead atoms. The van der Waals surface area contributed by atoms with Gasteiger partial charge in [0.1, 0.15) is 0 Å². The number of phenols is 1. The van der Waals surface area contributed by atoms with Crippen molar-refractivity contribution < 1.29 is 27.9 Å². The Balaban J connectivity index is 1.45. The number of ether oxygens (including phenoxy) is 1. The molecule has 1 N–H and O–H groups in total. The molecule has 5 rings (SSSR count). The molecule has 0 saturated carbocycles. The normalized spacial score (nSPS) is 17.8. The average Bonchev–Trinajstić information content (AvgIpc) is 3.20. The van der Waals surface area contributed by atoms with E-state index in [1.165, 1.54) is 4.31 Å². The number of hydrogen-bond donors (Lipinski definition) is 1. The van der Waals surface area contributed by atoms with Gasteiger partial charge in [-0.1, -0.05) is 47.8 Å². The van der Waals surface area contributed by atoms with Crippen molar-refractivity contribution in [2.45, 2.75) is 43.0 Å². The molecule has 2 aliphatic rings. The highest BCUT2D eigenvalue weighted by molar-refractivity contribution is 7.89. The highest BCUT2D eigenvalue weighted by Crippen LogP contribution is 2.40. The second-order valence-corrected chi connectivity index (χ2v) is 12.5. The number of aromatic hydroxyl groups is 1. The van der Waals surface area contributed by atoms with Gasteiger partial charge in [-0.2, -0.15) is 4.31 Å². The number of Topliss-reactive ketones (excluding diaryl/α,β-unsaturated/α-hetero) is 1. The lowest BCUT2D eigenvalue weighted by Crippen LogP contribution is -2.48. The first-order valence-electron chi connectivity index (χ1n) is 12.7. The molecule has 39 heavy (non-hydrogen) atoms. The van der Waals surface area contributed by atoms with E-state index in [1.54, 1.807) is 18.1 Å². The fourth-order valence-electron chi connectivity index (χ4n) is 5.50. The highest BCUT2D eigenvalue weighted by atomic mass is 35.5. The summed E-state index contributed by atoms with van der Waals surface area (Å²) in [5, 5.41) is 11.1. The Morgan fingerprint density at radius 3 is 2.59 bits per heavy atom. The van der Waals surface area contributed by atoms with Crippen molar-refractivity contribution in [3.8, 4) is 5.75 Å². The van der Waals surface area contributed by atoms with Crippen molar-refractivity contribution in [2.24, 2.45) is 0 Å². The third-order valence-electron chi connectivity index (χ3n) is 7.39. The van der Waals surface area contributed by atoms with Gasteiger partial charge >= 0.3 is 0 Å². The average molecular weight is 592 g/mol. The number of methoxy groups -OCH3 is 1. The summed E-state index contributed by atoms with van der Waals surface area (Å²) in [4.78, 5) is 28.4. The zero-order valence-corrected chi connectivity index (χ0v) is 23.7. The summed E-state index contributed by atoms with van der Waals surface area (Å²) in [6, 6.07) is 10.6. The number of benzene rings is 3. The van der Waals surface area contributed by atoms with Crippen LogP contribution in [0.5, 0.6) is 5.75 Å². The van der Waals surface area contributed by atoms with Crippen LogP contribution in [0.15, 0.2) is 47.4 Å². The van der Waals surface area contributed by atoms with E-state index >= 15 is 0 Å². The van der Waals surface area contributed by atoms with Crippen molar-refractivity contribution in [1.82, 2.24) is 4.31 Å². The summed E-state index contributed by atoms with van der Waals surface area (Å²) in [7, 11) is -2.49. The van der Waals surface area contributed by atoms with Crippen LogP contribution < -0.4 is 4.90 Å². The van der Waals surface area contributed by atoms with E-state index in [9.17, 15) is 23.1 Å². The molecule has 1 unspecified atom stereocenters. The Morgan fingerprint density at radius 1 is 1.13 bits per heavy atom. The number of rotatable bonds is 9. The molecule has 2 heterocycles. The molecule has 11 heteroatoms. The molecule has 1 fully saturated rings. The molecule has 0 spiro atoms. The lowest BCUT2D eigenvalue weighted by atomic mass is 9.93. The maximum Gasteiger partial charge on any atom is 0.258 e. The fourth-order valence-corrected chi connectivity index (χ4v) is 7.84.